The summed E-state index contributed by atoms with van der Waals surface area (Å²) < 4.78 is 0.875. The summed E-state index contributed by atoms with van der Waals surface area (Å²) in [5, 5.41) is 5.18. The number of thiazole rings is 1. The number of nitrogens with one attached hydrogen (secondary N) is 1. The van der Waals surface area contributed by atoms with Gasteiger partial charge in [-0.1, -0.05) is 6.92 Å². The molecule has 0 saturated carbocycles. The largest absolute Gasteiger partial charge is 0.369 e. The average Bonchev–Trinajstić information content (AvgIpc) is 2.81. The van der Waals surface area contributed by atoms with E-state index in [0.29, 0.717) is 5.82 Å². The van der Waals surface area contributed by atoms with Gasteiger partial charge in [0.25, 0.3) is 0 Å². The van der Waals surface area contributed by atoms with Gasteiger partial charge in [0.15, 0.2) is 5.82 Å². The zero-order valence-corrected chi connectivity index (χ0v) is 11.2. The third-order valence-electron chi connectivity index (χ3n) is 1.95. The van der Waals surface area contributed by atoms with Crippen molar-refractivity contribution >= 4 is 33.1 Å². The molecule has 0 aliphatic carbocycles. The van der Waals surface area contributed by atoms with E-state index < -0.39 is 0 Å². The molecule has 0 aliphatic heterocycles. The second kappa shape index (κ2) is 5.36. The molecular weight excluding hydrogens is 288 g/mol. The Labute approximate surface area is 106 Å². The Balaban J connectivity index is 2.28. The zero-order chi connectivity index (χ0) is 11.4. The van der Waals surface area contributed by atoms with Crippen LogP contribution in [0, 0.1) is 0 Å². The number of halogens is 1. The summed E-state index contributed by atoms with van der Waals surface area (Å²) in [5.74, 6) is 1.47. The fourth-order valence-corrected chi connectivity index (χ4v) is 2.04. The Morgan fingerprint density at radius 2 is 2.31 bits per heavy atom. The van der Waals surface area contributed by atoms with Crippen molar-refractivity contribution in [3.63, 3.8) is 0 Å². The van der Waals surface area contributed by atoms with Crippen LogP contribution in [0.4, 0.5) is 5.82 Å². The quantitative estimate of drug-likeness (QED) is 0.942. The topological polar surface area (TPSA) is 50.7 Å². The number of hydrogen-bond acceptors (Lipinski definition) is 5. The number of nitrogens with zero attached hydrogens (tertiary/aromatic N) is 3. The van der Waals surface area contributed by atoms with E-state index in [0.717, 1.165) is 29.0 Å². The second-order valence-corrected chi connectivity index (χ2v) is 4.76. The van der Waals surface area contributed by atoms with E-state index >= 15 is 0 Å². The van der Waals surface area contributed by atoms with Crippen LogP contribution in [0.3, 0.4) is 0 Å². The molecule has 0 spiro atoms. The molecule has 2 aromatic heterocycles. The smallest absolute Gasteiger partial charge is 0.181 e. The molecule has 0 aliphatic rings. The lowest BCUT2D eigenvalue weighted by atomic mass is 10.4. The van der Waals surface area contributed by atoms with Gasteiger partial charge in [0.05, 0.1) is 9.98 Å². The minimum atomic E-state index is 0.656. The third-order valence-corrected chi connectivity index (χ3v) is 3.11. The van der Waals surface area contributed by atoms with Crippen LogP contribution < -0.4 is 5.32 Å². The van der Waals surface area contributed by atoms with Gasteiger partial charge in [-0.15, -0.1) is 11.3 Å². The highest BCUT2D eigenvalue weighted by molar-refractivity contribution is 9.10. The molecule has 2 heterocycles. The van der Waals surface area contributed by atoms with Crippen molar-refractivity contribution in [1.82, 2.24) is 15.0 Å². The first-order valence-corrected chi connectivity index (χ1v) is 6.70. The highest BCUT2D eigenvalue weighted by Crippen LogP contribution is 2.22. The minimum Gasteiger partial charge on any atom is -0.369 e. The molecule has 0 atom stereocenters. The minimum absolute atomic E-state index is 0.656. The van der Waals surface area contributed by atoms with Gasteiger partial charge in [0.1, 0.15) is 11.5 Å². The lowest BCUT2D eigenvalue weighted by Crippen LogP contribution is -2.04. The summed E-state index contributed by atoms with van der Waals surface area (Å²) in [5.41, 5.74) is 2.59. The molecule has 16 heavy (non-hydrogen) atoms. The lowest BCUT2D eigenvalue weighted by Gasteiger charge is -2.06. The van der Waals surface area contributed by atoms with Gasteiger partial charge < -0.3 is 5.32 Å². The van der Waals surface area contributed by atoms with Crippen LogP contribution in [0.2, 0.25) is 0 Å². The van der Waals surface area contributed by atoms with Crippen molar-refractivity contribution in [3.05, 3.63) is 21.6 Å². The number of hydrogen-bond donors (Lipinski definition) is 1. The summed E-state index contributed by atoms with van der Waals surface area (Å²) in [4.78, 5) is 12.9. The van der Waals surface area contributed by atoms with Crippen LogP contribution in [-0.4, -0.2) is 21.5 Å². The van der Waals surface area contributed by atoms with Gasteiger partial charge in [-0.05, 0) is 22.4 Å². The first kappa shape index (κ1) is 11.5. The zero-order valence-electron chi connectivity index (χ0n) is 8.77. The van der Waals surface area contributed by atoms with Crippen LogP contribution in [0.5, 0.6) is 0 Å². The van der Waals surface area contributed by atoms with Gasteiger partial charge in [0, 0.05) is 18.1 Å². The fraction of sp³-hybridized carbons (Fsp3) is 0.300. The van der Waals surface area contributed by atoms with Crippen LogP contribution in [0.15, 0.2) is 21.6 Å². The van der Waals surface area contributed by atoms with Gasteiger partial charge in [-0.25, -0.2) is 15.0 Å². The Kier molecular flexibility index (Phi) is 3.84. The van der Waals surface area contributed by atoms with E-state index in [9.17, 15) is 0 Å². The number of rotatable bonds is 4. The molecule has 84 valence electrons. The molecule has 0 saturated heterocycles. The predicted molar refractivity (Wildman–Crippen MR) is 69.6 cm³/mol. The van der Waals surface area contributed by atoms with Crippen molar-refractivity contribution in [2.24, 2.45) is 0 Å². The van der Waals surface area contributed by atoms with E-state index in [1.165, 1.54) is 11.3 Å². The highest BCUT2D eigenvalue weighted by Gasteiger charge is 2.07. The normalized spacial score (nSPS) is 10.4. The van der Waals surface area contributed by atoms with Crippen LogP contribution in [0.25, 0.3) is 11.5 Å². The molecule has 0 amide bonds. The van der Waals surface area contributed by atoms with Crippen molar-refractivity contribution in [2.75, 3.05) is 11.9 Å². The predicted octanol–water partition coefficient (Wildman–Crippen LogP) is 3.18. The molecule has 4 nitrogen and oxygen atoms in total. The molecule has 0 unspecified atom stereocenters. The maximum Gasteiger partial charge on any atom is 0.181 e. The summed E-state index contributed by atoms with van der Waals surface area (Å²) in [6.45, 7) is 3.01. The first-order chi connectivity index (χ1) is 7.81. The maximum absolute atomic E-state index is 4.43. The SMILES string of the molecule is CCCNc1nc(-c2cscn2)ncc1Br. The summed E-state index contributed by atoms with van der Waals surface area (Å²) in [6, 6.07) is 0. The van der Waals surface area contributed by atoms with Crippen LogP contribution in [-0.2, 0) is 0 Å². The molecule has 2 rings (SSSR count). The molecule has 0 bridgehead atoms. The van der Waals surface area contributed by atoms with Crippen LogP contribution >= 0.6 is 27.3 Å². The molecule has 2 aromatic rings. The van der Waals surface area contributed by atoms with E-state index in [1.807, 2.05) is 5.38 Å². The Bertz CT molecular complexity index is 458. The maximum atomic E-state index is 4.43. The molecule has 1 N–H and O–H groups in total. The Morgan fingerprint density at radius 3 is 3.00 bits per heavy atom. The average molecular weight is 299 g/mol. The van der Waals surface area contributed by atoms with Gasteiger partial charge in [-0.2, -0.15) is 0 Å². The van der Waals surface area contributed by atoms with Crippen molar-refractivity contribution < 1.29 is 0 Å². The van der Waals surface area contributed by atoms with Crippen molar-refractivity contribution in [1.29, 1.82) is 0 Å². The Hall–Kier alpha value is -1.01. The molecule has 0 fully saturated rings. The van der Waals surface area contributed by atoms with Gasteiger partial charge in [-0.3, -0.25) is 0 Å². The van der Waals surface area contributed by atoms with Crippen LogP contribution in [0.1, 0.15) is 13.3 Å². The number of anilines is 1. The molecule has 0 aromatic carbocycles. The van der Waals surface area contributed by atoms with E-state index in [2.05, 4.69) is 43.1 Å². The molecule has 6 heteroatoms. The summed E-state index contributed by atoms with van der Waals surface area (Å²) >= 11 is 4.96. The second-order valence-electron chi connectivity index (χ2n) is 3.19. The van der Waals surface area contributed by atoms with Gasteiger partial charge >= 0.3 is 0 Å². The monoisotopic (exact) mass is 298 g/mol. The number of aromatic nitrogens is 3. The summed E-state index contributed by atoms with van der Waals surface area (Å²) in [7, 11) is 0. The fourth-order valence-electron chi connectivity index (χ4n) is 1.18. The van der Waals surface area contributed by atoms with E-state index in [4.69, 9.17) is 0 Å². The lowest BCUT2D eigenvalue weighted by molar-refractivity contribution is 0.962. The summed E-state index contributed by atoms with van der Waals surface area (Å²) in [6.07, 6.45) is 2.81. The standard InChI is InChI=1S/C10H11BrN4S/c1-2-3-12-9-7(11)4-13-10(15-9)8-5-16-6-14-8/h4-6H,2-3H2,1H3,(H,12,13,15). The molecule has 0 radical (unpaired) electrons. The van der Waals surface area contributed by atoms with E-state index in [1.54, 1.807) is 11.7 Å². The van der Waals surface area contributed by atoms with Gasteiger partial charge in [0.2, 0.25) is 0 Å². The highest BCUT2D eigenvalue weighted by atomic mass is 79.9. The molecular formula is C10H11BrN4S. The van der Waals surface area contributed by atoms with E-state index in [-0.39, 0.29) is 0 Å². The Morgan fingerprint density at radius 1 is 1.44 bits per heavy atom. The van der Waals surface area contributed by atoms with Crippen molar-refractivity contribution in [3.8, 4) is 11.5 Å². The third kappa shape index (κ3) is 2.56. The van der Waals surface area contributed by atoms with Crippen molar-refractivity contribution in [2.45, 2.75) is 13.3 Å². The first-order valence-electron chi connectivity index (χ1n) is 4.96.